The van der Waals surface area contributed by atoms with Crippen LogP contribution in [0.3, 0.4) is 0 Å². The van der Waals surface area contributed by atoms with Crippen molar-refractivity contribution < 1.29 is 9.53 Å². The van der Waals surface area contributed by atoms with E-state index < -0.39 is 4.75 Å². The second-order valence-electron chi connectivity index (χ2n) is 4.42. The van der Waals surface area contributed by atoms with E-state index in [1.165, 1.54) is 11.8 Å². The van der Waals surface area contributed by atoms with E-state index in [1.807, 2.05) is 32.0 Å². The number of halogens is 1. The third-order valence-electron chi connectivity index (χ3n) is 2.44. The molecule has 2 rings (SSSR count). The van der Waals surface area contributed by atoms with E-state index in [0.717, 1.165) is 14.6 Å². The van der Waals surface area contributed by atoms with Crippen LogP contribution in [-0.2, 0) is 9.53 Å². The van der Waals surface area contributed by atoms with Gasteiger partial charge in [0.05, 0.1) is 16.8 Å². The molecule has 0 amide bonds. The number of thiazole rings is 1. The minimum absolute atomic E-state index is 0.225. The molecule has 19 heavy (non-hydrogen) atoms. The molecule has 0 aliphatic rings. The highest BCUT2D eigenvalue weighted by atomic mass is 35.5. The molecule has 102 valence electrons. The number of carbonyl (C=O) groups excluding carboxylic acids is 1. The monoisotopic (exact) mass is 315 g/mol. The van der Waals surface area contributed by atoms with Crippen LogP contribution in [-0.4, -0.2) is 22.3 Å². The van der Waals surface area contributed by atoms with Gasteiger partial charge < -0.3 is 4.74 Å². The van der Waals surface area contributed by atoms with Gasteiger partial charge in [0, 0.05) is 5.02 Å². The normalized spacial score (nSPS) is 11.8. The number of carbonyl (C=O) groups is 1. The lowest BCUT2D eigenvalue weighted by Crippen LogP contribution is -2.29. The molecule has 6 heteroatoms. The third kappa shape index (κ3) is 3.41. The van der Waals surface area contributed by atoms with Crippen molar-refractivity contribution in [2.75, 3.05) is 6.61 Å². The summed E-state index contributed by atoms with van der Waals surface area (Å²) in [5, 5.41) is 0.666. The molecule has 0 unspecified atom stereocenters. The second kappa shape index (κ2) is 5.69. The number of aromatic nitrogens is 1. The van der Waals surface area contributed by atoms with E-state index in [2.05, 4.69) is 4.98 Å². The number of hydrogen-bond acceptors (Lipinski definition) is 5. The highest BCUT2D eigenvalue weighted by Gasteiger charge is 2.31. The number of thioether (sulfide) groups is 1. The number of esters is 1. The van der Waals surface area contributed by atoms with Gasteiger partial charge in [-0.2, -0.15) is 0 Å². The van der Waals surface area contributed by atoms with Gasteiger partial charge >= 0.3 is 5.97 Å². The Hall–Kier alpha value is -0.780. The van der Waals surface area contributed by atoms with Crippen molar-refractivity contribution in [3.63, 3.8) is 0 Å². The summed E-state index contributed by atoms with van der Waals surface area (Å²) < 4.78 is 6.33. The van der Waals surface area contributed by atoms with Crippen molar-refractivity contribution in [1.82, 2.24) is 4.98 Å². The molecule has 1 heterocycles. The summed E-state index contributed by atoms with van der Waals surface area (Å²) >= 11 is 8.91. The van der Waals surface area contributed by atoms with E-state index in [0.29, 0.717) is 11.6 Å². The molecule has 2 aromatic rings. The Kier molecular flexibility index (Phi) is 4.38. The minimum Gasteiger partial charge on any atom is -0.465 e. The van der Waals surface area contributed by atoms with Crippen molar-refractivity contribution in [1.29, 1.82) is 0 Å². The number of hydrogen-bond donors (Lipinski definition) is 0. The van der Waals surface area contributed by atoms with Gasteiger partial charge in [0.15, 0.2) is 4.34 Å². The summed E-state index contributed by atoms with van der Waals surface area (Å²) in [5.41, 5.74) is 0.861. The van der Waals surface area contributed by atoms with E-state index in [-0.39, 0.29) is 5.97 Å². The molecular formula is C13H14ClNO2S2. The maximum absolute atomic E-state index is 11.9. The molecule has 0 saturated heterocycles. The zero-order chi connectivity index (χ0) is 14.0. The van der Waals surface area contributed by atoms with E-state index in [4.69, 9.17) is 16.3 Å². The average Bonchev–Trinajstić information content (AvgIpc) is 2.69. The van der Waals surface area contributed by atoms with E-state index >= 15 is 0 Å². The Morgan fingerprint density at radius 1 is 1.53 bits per heavy atom. The van der Waals surface area contributed by atoms with Crippen molar-refractivity contribution in [3.8, 4) is 0 Å². The predicted molar refractivity (Wildman–Crippen MR) is 81.2 cm³/mol. The quantitative estimate of drug-likeness (QED) is 0.620. The number of fused-ring (bicyclic) bond motifs is 1. The van der Waals surface area contributed by atoms with Gasteiger partial charge in [0.25, 0.3) is 0 Å². The third-order valence-corrected chi connectivity index (χ3v) is 4.95. The number of ether oxygens (including phenoxy) is 1. The Balaban J connectivity index is 2.23. The molecule has 1 aromatic carbocycles. The largest absolute Gasteiger partial charge is 0.465 e. The maximum Gasteiger partial charge on any atom is 0.322 e. The van der Waals surface area contributed by atoms with Gasteiger partial charge in [-0.05, 0) is 39.0 Å². The highest BCUT2D eigenvalue weighted by Crippen LogP contribution is 2.38. The fourth-order valence-electron chi connectivity index (χ4n) is 1.49. The Bertz CT molecular complexity index is 610. The lowest BCUT2D eigenvalue weighted by molar-refractivity contribution is -0.145. The number of nitrogens with zero attached hydrogens (tertiary/aromatic N) is 1. The fourth-order valence-corrected chi connectivity index (χ4v) is 4.12. The summed E-state index contributed by atoms with van der Waals surface area (Å²) in [7, 11) is 0. The zero-order valence-electron chi connectivity index (χ0n) is 10.9. The summed E-state index contributed by atoms with van der Waals surface area (Å²) in [5.74, 6) is -0.225. The van der Waals surface area contributed by atoms with Gasteiger partial charge in [-0.15, -0.1) is 11.3 Å². The van der Waals surface area contributed by atoms with Crippen LogP contribution < -0.4 is 0 Å². The van der Waals surface area contributed by atoms with E-state index in [9.17, 15) is 4.79 Å². The lowest BCUT2D eigenvalue weighted by atomic mass is 10.2. The van der Waals surface area contributed by atoms with Gasteiger partial charge in [0.1, 0.15) is 4.75 Å². The van der Waals surface area contributed by atoms with Crippen LogP contribution in [0.5, 0.6) is 0 Å². The first kappa shape index (κ1) is 14.6. The van der Waals surface area contributed by atoms with Crippen LogP contribution in [0.2, 0.25) is 5.02 Å². The zero-order valence-corrected chi connectivity index (χ0v) is 13.3. The molecule has 0 aliphatic carbocycles. The summed E-state index contributed by atoms with van der Waals surface area (Å²) in [6.45, 7) is 5.88. The molecule has 0 aliphatic heterocycles. The Morgan fingerprint density at radius 2 is 2.26 bits per heavy atom. The standard InChI is InChI=1S/C13H14ClNO2S2/c1-4-17-11(16)13(2,3)19-12-15-9-7-8(14)5-6-10(9)18-12/h5-7H,4H2,1-3H3. The van der Waals surface area contributed by atoms with Gasteiger partial charge in [0.2, 0.25) is 0 Å². The van der Waals surface area contributed by atoms with Crippen LogP contribution in [0.4, 0.5) is 0 Å². The van der Waals surface area contributed by atoms with Crippen molar-refractivity contribution in [2.45, 2.75) is 29.9 Å². The number of benzene rings is 1. The topological polar surface area (TPSA) is 39.2 Å². The molecule has 0 atom stereocenters. The molecule has 0 radical (unpaired) electrons. The summed E-state index contributed by atoms with van der Waals surface area (Å²) in [6, 6.07) is 5.61. The van der Waals surface area contributed by atoms with Gasteiger partial charge in [-0.3, -0.25) is 4.79 Å². The highest BCUT2D eigenvalue weighted by molar-refractivity contribution is 8.03. The smallest absolute Gasteiger partial charge is 0.322 e. The maximum atomic E-state index is 11.9. The SMILES string of the molecule is CCOC(=O)C(C)(C)Sc1nc2cc(Cl)ccc2s1. The van der Waals surface area contributed by atoms with Crippen LogP contribution in [0.1, 0.15) is 20.8 Å². The summed E-state index contributed by atoms with van der Waals surface area (Å²) in [4.78, 5) is 16.3. The number of rotatable bonds is 4. The Labute approximate surface area is 125 Å². The molecule has 0 N–H and O–H groups in total. The fraction of sp³-hybridized carbons (Fsp3) is 0.385. The minimum atomic E-state index is -0.645. The molecule has 0 bridgehead atoms. The van der Waals surface area contributed by atoms with Gasteiger partial charge in [-0.25, -0.2) is 4.98 Å². The first-order valence-electron chi connectivity index (χ1n) is 5.84. The first-order valence-corrected chi connectivity index (χ1v) is 7.86. The molecule has 1 aromatic heterocycles. The van der Waals surface area contributed by atoms with E-state index in [1.54, 1.807) is 18.3 Å². The van der Waals surface area contributed by atoms with Crippen molar-refractivity contribution in [3.05, 3.63) is 23.2 Å². The van der Waals surface area contributed by atoms with Crippen LogP contribution >= 0.6 is 34.7 Å². The first-order chi connectivity index (χ1) is 8.92. The summed E-state index contributed by atoms with van der Waals surface area (Å²) in [6.07, 6.45) is 0. The van der Waals surface area contributed by atoms with Gasteiger partial charge in [-0.1, -0.05) is 23.4 Å². The molecule has 0 spiro atoms. The Morgan fingerprint density at radius 3 is 2.95 bits per heavy atom. The lowest BCUT2D eigenvalue weighted by Gasteiger charge is -2.19. The van der Waals surface area contributed by atoms with Crippen LogP contribution in [0, 0.1) is 0 Å². The predicted octanol–water partition coefficient (Wildman–Crippen LogP) is 4.38. The van der Waals surface area contributed by atoms with Crippen LogP contribution in [0.25, 0.3) is 10.2 Å². The van der Waals surface area contributed by atoms with Crippen molar-refractivity contribution in [2.24, 2.45) is 0 Å². The van der Waals surface area contributed by atoms with Crippen molar-refractivity contribution >= 4 is 50.9 Å². The molecule has 3 nitrogen and oxygen atoms in total. The molecule has 0 fully saturated rings. The molecule has 0 saturated carbocycles. The second-order valence-corrected chi connectivity index (χ2v) is 7.76. The average molecular weight is 316 g/mol. The van der Waals surface area contributed by atoms with Crippen LogP contribution in [0.15, 0.2) is 22.5 Å². The molecular weight excluding hydrogens is 302 g/mol.